The first kappa shape index (κ1) is 20.4. The van der Waals surface area contributed by atoms with Crippen molar-refractivity contribution in [2.75, 3.05) is 32.8 Å². The zero-order valence-electron chi connectivity index (χ0n) is 17.5. The summed E-state index contributed by atoms with van der Waals surface area (Å²) in [5, 5.41) is 3.35. The molecule has 3 aliphatic heterocycles. The van der Waals surface area contributed by atoms with Crippen LogP contribution < -0.4 is 10.1 Å². The summed E-state index contributed by atoms with van der Waals surface area (Å²) in [6.45, 7) is 8.01. The molecule has 5 nitrogen and oxygen atoms in total. The zero-order chi connectivity index (χ0) is 21.1. The number of allylic oxidation sites excluding steroid dienone is 4. The fourth-order valence-corrected chi connectivity index (χ4v) is 4.06. The SMILES string of the molecule is CCOc1ccc(C2=CC(=O)N3C=C(N4CCNCC4)C=CC3=CCC2C)cc1F. The van der Waals surface area contributed by atoms with Crippen molar-refractivity contribution in [1.29, 1.82) is 0 Å². The average Bonchev–Trinajstić information content (AvgIpc) is 2.77. The molecule has 1 N–H and O–H groups in total. The van der Waals surface area contributed by atoms with Gasteiger partial charge in [-0.1, -0.05) is 19.1 Å². The molecule has 30 heavy (non-hydrogen) atoms. The number of halogens is 1. The molecular formula is C24H28FN3O2. The lowest BCUT2D eigenvalue weighted by molar-refractivity contribution is -0.122. The van der Waals surface area contributed by atoms with E-state index in [9.17, 15) is 9.18 Å². The number of nitrogens with one attached hydrogen (secondary N) is 1. The van der Waals surface area contributed by atoms with Gasteiger partial charge in [-0.25, -0.2) is 4.39 Å². The Morgan fingerprint density at radius 1 is 1.20 bits per heavy atom. The summed E-state index contributed by atoms with van der Waals surface area (Å²) in [7, 11) is 0. The van der Waals surface area contributed by atoms with Crippen LogP contribution in [0.25, 0.3) is 5.57 Å². The Balaban J connectivity index is 1.64. The first-order valence-electron chi connectivity index (χ1n) is 10.6. The Bertz CT molecular complexity index is 942. The van der Waals surface area contributed by atoms with Crippen molar-refractivity contribution in [3.8, 4) is 5.75 Å². The van der Waals surface area contributed by atoms with Gasteiger partial charge in [0.05, 0.1) is 12.3 Å². The van der Waals surface area contributed by atoms with Gasteiger partial charge in [0.2, 0.25) is 0 Å². The van der Waals surface area contributed by atoms with Gasteiger partial charge in [0.1, 0.15) is 0 Å². The number of benzene rings is 1. The molecule has 0 aliphatic carbocycles. The molecule has 1 amide bonds. The molecule has 0 radical (unpaired) electrons. The smallest absolute Gasteiger partial charge is 0.255 e. The van der Waals surface area contributed by atoms with Crippen LogP contribution in [0.5, 0.6) is 5.75 Å². The van der Waals surface area contributed by atoms with Crippen molar-refractivity contribution < 1.29 is 13.9 Å². The van der Waals surface area contributed by atoms with Crippen molar-refractivity contribution in [2.45, 2.75) is 20.3 Å². The van der Waals surface area contributed by atoms with Crippen molar-refractivity contribution >= 4 is 11.5 Å². The number of carbonyl (C=O) groups excluding carboxylic acids is 1. The summed E-state index contributed by atoms with van der Waals surface area (Å²) >= 11 is 0. The minimum Gasteiger partial charge on any atom is -0.491 e. The number of ether oxygens (including phenoxy) is 1. The second kappa shape index (κ2) is 8.88. The van der Waals surface area contributed by atoms with Crippen LogP contribution in [0.4, 0.5) is 4.39 Å². The van der Waals surface area contributed by atoms with Gasteiger partial charge in [-0.3, -0.25) is 9.69 Å². The highest BCUT2D eigenvalue weighted by molar-refractivity contribution is 5.98. The van der Waals surface area contributed by atoms with Crippen molar-refractivity contribution in [1.82, 2.24) is 15.1 Å². The quantitative estimate of drug-likeness (QED) is 0.824. The Morgan fingerprint density at radius 3 is 2.70 bits per heavy atom. The Morgan fingerprint density at radius 2 is 1.97 bits per heavy atom. The molecule has 1 atom stereocenters. The summed E-state index contributed by atoms with van der Waals surface area (Å²) < 4.78 is 19.7. The standard InChI is InChI=1S/C24H28FN3O2/c1-3-30-23-9-5-18(14-22(23)25)21-15-24(29)28-16-20(27-12-10-26-11-13-27)8-7-19(28)6-4-17(21)2/h5-9,14-17,26H,3-4,10-13H2,1-2H3. The summed E-state index contributed by atoms with van der Waals surface area (Å²) in [4.78, 5) is 17.2. The van der Waals surface area contributed by atoms with Gasteiger partial charge in [0.25, 0.3) is 5.91 Å². The number of hydrogen-bond donors (Lipinski definition) is 1. The lowest BCUT2D eigenvalue weighted by Gasteiger charge is -2.34. The molecule has 0 spiro atoms. The van der Waals surface area contributed by atoms with Crippen molar-refractivity contribution in [3.63, 3.8) is 0 Å². The highest BCUT2D eigenvalue weighted by atomic mass is 19.1. The third kappa shape index (κ3) is 4.19. The van der Waals surface area contributed by atoms with Gasteiger partial charge in [-0.05, 0) is 54.7 Å². The van der Waals surface area contributed by atoms with Crippen LogP contribution in [0.1, 0.15) is 25.8 Å². The molecular weight excluding hydrogens is 381 g/mol. The highest BCUT2D eigenvalue weighted by Gasteiger charge is 2.24. The molecule has 1 aromatic rings. The van der Waals surface area contributed by atoms with Crippen LogP contribution in [0.15, 0.2) is 60.1 Å². The lowest BCUT2D eigenvalue weighted by Crippen LogP contribution is -2.43. The molecule has 0 aromatic heterocycles. The maximum Gasteiger partial charge on any atom is 0.255 e. The van der Waals surface area contributed by atoms with Crippen LogP contribution in [-0.2, 0) is 4.79 Å². The van der Waals surface area contributed by atoms with E-state index in [0.717, 1.165) is 49.6 Å². The van der Waals surface area contributed by atoms with E-state index in [-0.39, 0.29) is 17.6 Å². The van der Waals surface area contributed by atoms with E-state index in [1.165, 1.54) is 6.07 Å². The highest BCUT2D eigenvalue weighted by Crippen LogP contribution is 2.33. The van der Waals surface area contributed by atoms with Crippen molar-refractivity contribution in [2.24, 2.45) is 5.92 Å². The predicted octanol–water partition coefficient (Wildman–Crippen LogP) is 3.68. The molecule has 1 fully saturated rings. The monoisotopic (exact) mass is 409 g/mol. The molecule has 1 aromatic carbocycles. The first-order valence-corrected chi connectivity index (χ1v) is 10.6. The molecule has 4 rings (SSSR count). The van der Waals surface area contributed by atoms with Gasteiger partial charge in [-0.15, -0.1) is 0 Å². The maximum absolute atomic E-state index is 14.4. The summed E-state index contributed by atoms with van der Waals surface area (Å²) in [6.07, 6.45) is 10.5. The van der Waals surface area contributed by atoms with E-state index in [4.69, 9.17) is 4.74 Å². The minimum atomic E-state index is -0.407. The second-order valence-electron chi connectivity index (χ2n) is 7.78. The molecule has 158 valence electrons. The lowest BCUT2D eigenvalue weighted by atomic mass is 9.89. The molecule has 1 saturated heterocycles. The largest absolute Gasteiger partial charge is 0.491 e. The van der Waals surface area contributed by atoms with Gasteiger partial charge >= 0.3 is 0 Å². The van der Waals surface area contributed by atoms with Crippen molar-refractivity contribution in [3.05, 3.63) is 71.5 Å². The van der Waals surface area contributed by atoms with E-state index in [1.54, 1.807) is 17.0 Å². The third-order valence-electron chi connectivity index (χ3n) is 5.74. The number of hydrogen-bond acceptors (Lipinski definition) is 4. The van der Waals surface area contributed by atoms with E-state index in [1.807, 2.05) is 25.3 Å². The Labute approximate surface area is 177 Å². The maximum atomic E-state index is 14.4. The van der Waals surface area contributed by atoms with Crippen LogP contribution in [-0.4, -0.2) is 48.5 Å². The van der Waals surface area contributed by atoms with Gasteiger partial charge < -0.3 is 15.0 Å². The van der Waals surface area contributed by atoms with E-state index in [2.05, 4.69) is 29.3 Å². The van der Waals surface area contributed by atoms with Gasteiger partial charge in [0.15, 0.2) is 11.6 Å². The van der Waals surface area contributed by atoms with Gasteiger partial charge in [0, 0.05) is 44.2 Å². The number of piperazine rings is 1. The summed E-state index contributed by atoms with van der Waals surface area (Å²) in [5.74, 6) is -0.199. The van der Waals surface area contributed by atoms with E-state index in [0.29, 0.717) is 12.2 Å². The van der Waals surface area contributed by atoms with Crippen LogP contribution >= 0.6 is 0 Å². The summed E-state index contributed by atoms with van der Waals surface area (Å²) in [5.41, 5.74) is 3.48. The number of amides is 1. The third-order valence-corrected chi connectivity index (χ3v) is 5.74. The molecule has 3 aliphatic rings. The average molecular weight is 410 g/mol. The molecule has 0 bridgehead atoms. The fraction of sp³-hybridized carbons (Fsp3) is 0.375. The van der Waals surface area contributed by atoms with Gasteiger partial charge in [-0.2, -0.15) is 0 Å². The number of nitrogens with zero attached hydrogens (tertiary/aromatic N) is 2. The summed E-state index contributed by atoms with van der Waals surface area (Å²) in [6, 6.07) is 4.93. The Hall–Kier alpha value is -2.86. The second-order valence-corrected chi connectivity index (χ2v) is 7.78. The predicted molar refractivity (Wildman–Crippen MR) is 116 cm³/mol. The molecule has 6 heteroatoms. The molecule has 0 saturated carbocycles. The van der Waals surface area contributed by atoms with Crippen LogP contribution in [0.2, 0.25) is 0 Å². The fourth-order valence-electron chi connectivity index (χ4n) is 4.06. The normalized spacial score (nSPS) is 21.9. The Kier molecular flexibility index (Phi) is 6.04. The van der Waals surface area contributed by atoms with E-state index < -0.39 is 5.82 Å². The number of rotatable bonds is 4. The zero-order valence-corrected chi connectivity index (χ0v) is 17.5. The topological polar surface area (TPSA) is 44.8 Å². The van der Waals surface area contributed by atoms with Crippen LogP contribution in [0.3, 0.4) is 0 Å². The van der Waals surface area contributed by atoms with Crippen LogP contribution in [0, 0.1) is 11.7 Å². The number of fused-ring (bicyclic) bond motifs is 1. The first-order chi connectivity index (χ1) is 14.6. The molecule has 1 unspecified atom stereocenters. The van der Waals surface area contributed by atoms with E-state index >= 15 is 0 Å². The molecule has 3 heterocycles. The number of carbonyl (C=O) groups is 1. The minimum absolute atomic E-state index is 0.0906.